The lowest BCUT2D eigenvalue weighted by Gasteiger charge is -2.18. The minimum absolute atomic E-state index is 0.176. The molecular weight excluding hydrogens is 309 g/mol. The molecule has 0 spiro atoms. The average molecular weight is 328 g/mol. The van der Waals surface area contributed by atoms with Crippen LogP contribution in [0, 0.1) is 0 Å². The first kappa shape index (κ1) is 16.3. The molecule has 0 aliphatic carbocycles. The number of likely N-dealkylation sites (N-methyl/N-ethyl adjacent to an activating group) is 1. The molecule has 0 saturated heterocycles. The fourth-order valence-corrected chi connectivity index (χ4v) is 2.66. The topological polar surface area (TPSA) is 51.0 Å². The molecule has 2 rings (SSSR count). The minimum Gasteiger partial charge on any atom is -0.339 e. The summed E-state index contributed by atoms with van der Waals surface area (Å²) in [4.78, 5) is 4.48. The van der Waals surface area contributed by atoms with Crippen molar-refractivity contribution in [1.82, 2.24) is 15.5 Å². The van der Waals surface area contributed by atoms with Crippen LogP contribution in [0.25, 0.3) is 0 Å². The molecular formula is C15H19Cl2N3O. The van der Waals surface area contributed by atoms with Gasteiger partial charge in [-0.2, -0.15) is 4.98 Å². The third-order valence-electron chi connectivity index (χ3n) is 3.63. The lowest BCUT2D eigenvalue weighted by molar-refractivity contribution is 0.324. The number of hydrogen-bond donors (Lipinski definition) is 1. The Morgan fingerprint density at radius 2 is 2.05 bits per heavy atom. The second-order valence-corrected chi connectivity index (χ2v) is 5.88. The van der Waals surface area contributed by atoms with Crippen LogP contribution in [-0.4, -0.2) is 23.2 Å². The Bertz CT molecular complexity index is 596. The third kappa shape index (κ3) is 3.96. The number of benzene rings is 1. The highest BCUT2D eigenvalue weighted by Gasteiger charge is 2.21. The monoisotopic (exact) mass is 327 g/mol. The maximum Gasteiger partial charge on any atom is 0.231 e. The summed E-state index contributed by atoms with van der Waals surface area (Å²) in [6, 6.07) is 5.84. The summed E-state index contributed by atoms with van der Waals surface area (Å²) in [5.41, 5.74) is 1.00. The van der Waals surface area contributed by atoms with Gasteiger partial charge in [-0.3, -0.25) is 0 Å². The summed E-state index contributed by atoms with van der Waals surface area (Å²) in [5.74, 6) is 1.49. The van der Waals surface area contributed by atoms with Crippen molar-refractivity contribution in [3.05, 3.63) is 45.5 Å². The van der Waals surface area contributed by atoms with E-state index in [0.29, 0.717) is 34.2 Å². The number of rotatable bonds is 6. The molecule has 6 heteroatoms. The first-order chi connectivity index (χ1) is 10.0. The Balaban J connectivity index is 2.11. The van der Waals surface area contributed by atoms with Crippen LogP contribution in [0.1, 0.15) is 43.5 Å². The van der Waals surface area contributed by atoms with Crippen molar-refractivity contribution < 1.29 is 4.52 Å². The number of aromatic nitrogens is 2. The second kappa shape index (κ2) is 7.25. The smallest absolute Gasteiger partial charge is 0.231 e. The van der Waals surface area contributed by atoms with Crippen molar-refractivity contribution in [2.24, 2.45) is 0 Å². The summed E-state index contributed by atoms with van der Waals surface area (Å²) in [6.07, 6.45) is 1.58. The van der Waals surface area contributed by atoms with Gasteiger partial charge in [0, 0.05) is 12.5 Å². The lowest BCUT2D eigenvalue weighted by Crippen LogP contribution is -2.30. The largest absolute Gasteiger partial charge is 0.339 e. The normalized spacial score (nSPS) is 14.1. The predicted octanol–water partition coefficient (Wildman–Crippen LogP) is 4.07. The van der Waals surface area contributed by atoms with Gasteiger partial charge in [-0.25, -0.2) is 0 Å². The van der Waals surface area contributed by atoms with Crippen LogP contribution in [0.2, 0.25) is 10.0 Å². The van der Waals surface area contributed by atoms with Crippen LogP contribution in [0.3, 0.4) is 0 Å². The molecule has 0 fully saturated rings. The molecule has 2 unspecified atom stereocenters. The fraction of sp³-hybridized carbons (Fsp3) is 0.467. The molecule has 0 aliphatic heterocycles. The minimum atomic E-state index is 0.176. The number of halogens is 2. The van der Waals surface area contributed by atoms with Crippen molar-refractivity contribution in [3.8, 4) is 0 Å². The summed E-state index contributed by atoms with van der Waals surface area (Å²) in [5, 5.41) is 8.39. The summed E-state index contributed by atoms with van der Waals surface area (Å²) < 4.78 is 5.38. The molecule has 114 valence electrons. The zero-order valence-electron chi connectivity index (χ0n) is 12.4. The van der Waals surface area contributed by atoms with Gasteiger partial charge in [0.05, 0.1) is 16.0 Å². The summed E-state index contributed by atoms with van der Waals surface area (Å²) in [6.45, 7) is 4.21. The van der Waals surface area contributed by atoms with E-state index in [-0.39, 0.29) is 5.92 Å². The zero-order chi connectivity index (χ0) is 15.4. The lowest BCUT2D eigenvalue weighted by atomic mass is 10.00. The third-order valence-corrected chi connectivity index (χ3v) is 4.37. The van der Waals surface area contributed by atoms with Gasteiger partial charge in [0.2, 0.25) is 5.89 Å². The van der Waals surface area contributed by atoms with Crippen LogP contribution < -0.4 is 5.32 Å². The van der Waals surface area contributed by atoms with Crippen molar-refractivity contribution in [2.45, 2.75) is 38.6 Å². The number of nitrogens with one attached hydrogen (secondary N) is 1. The molecule has 1 aromatic carbocycles. The molecule has 1 N–H and O–H groups in total. The maximum atomic E-state index is 6.01. The van der Waals surface area contributed by atoms with Crippen LogP contribution in [0.4, 0.5) is 0 Å². The molecule has 0 saturated carbocycles. The predicted molar refractivity (Wildman–Crippen MR) is 85.1 cm³/mol. The molecule has 21 heavy (non-hydrogen) atoms. The summed E-state index contributed by atoms with van der Waals surface area (Å²) in [7, 11) is 1.94. The molecule has 0 bridgehead atoms. The molecule has 2 atom stereocenters. The fourth-order valence-electron chi connectivity index (χ4n) is 2.34. The first-order valence-electron chi connectivity index (χ1n) is 6.98. The van der Waals surface area contributed by atoms with E-state index < -0.39 is 0 Å². The molecule has 2 aromatic rings. The van der Waals surface area contributed by atoms with Crippen LogP contribution in [-0.2, 0) is 6.42 Å². The Labute approximate surface area is 134 Å². The SMILES string of the molecule is CCC(NC)C(C)c1nc(Cc2ccc(Cl)c(Cl)c2)no1. The molecule has 1 aromatic heterocycles. The second-order valence-electron chi connectivity index (χ2n) is 5.07. The van der Waals surface area contributed by atoms with E-state index in [1.807, 2.05) is 19.2 Å². The highest BCUT2D eigenvalue weighted by atomic mass is 35.5. The van der Waals surface area contributed by atoms with Crippen LogP contribution in [0.5, 0.6) is 0 Å². The average Bonchev–Trinajstić information content (AvgIpc) is 2.92. The Kier molecular flexibility index (Phi) is 5.62. The molecule has 0 aliphatic rings. The number of nitrogens with zero attached hydrogens (tertiary/aromatic N) is 2. The maximum absolute atomic E-state index is 6.01. The van der Waals surface area contributed by atoms with E-state index in [1.54, 1.807) is 6.07 Å². The molecule has 1 heterocycles. The van der Waals surface area contributed by atoms with E-state index in [0.717, 1.165) is 12.0 Å². The van der Waals surface area contributed by atoms with Gasteiger partial charge in [0.1, 0.15) is 0 Å². The van der Waals surface area contributed by atoms with Gasteiger partial charge in [-0.1, -0.05) is 48.3 Å². The van der Waals surface area contributed by atoms with E-state index in [4.69, 9.17) is 27.7 Å². The molecule has 0 amide bonds. The highest BCUT2D eigenvalue weighted by Crippen LogP contribution is 2.24. The Morgan fingerprint density at radius 1 is 1.29 bits per heavy atom. The zero-order valence-corrected chi connectivity index (χ0v) is 13.9. The van der Waals surface area contributed by atoms with Gasteiger partial charge in [0.25, 0.3) is 0 Å². The van der Waals surface area contributed by atoms with Gasteiger partial charge >= 0.3 is 0 Å². The quantitative estimate of drug-likeness (QED) is 0.868. The molecule has 0 radical (unpaired) electrons. The van der Waals surface area contributed by atoms with E-state index in [9.17, 15) is 0 Å². The van der Waals surface area contributed by atoms with E-state index in [2.05, 4.69) is 29.3 Å². The van der Waals surface area contributed by atoms with E-state index in [1.165, 1.54) is 0 Å². The van der Waals surface area contributed by atoms with Crippen molar-refractivity contribution in [1.29, 1.82) is 0 Å². The van der Waals surface area contributed by atoms with Crippen molar-refractivity contribution >= 4 is 23.2 Å². The molecule has 4 nitrogen and oxygen atoms in total. The first-order valence-corrected chi connectivity index (χ1v) is 7.74. The van der Waals surface area contributed by atoms with Crippen molar-refractivity contribution in [2.75, 3.05) is 7.05 Å². The van der Waals surface area contributed by atoms with Gasteiger partial charge in [0.15, 0.2) is 5.82 Å². The standard InChI is InChI=1S/C15H19Cl2N3O/c1-4-13(18-3)9(2)15-19-14(20-21-15)8-10-5-6-11(16)12(17)7-10/h5-7,9,13,18H,4,8H2,1-3H3. The van der Waals surface area contributed by atoms with Crippen LogP contribution in [0.15, 0.2) is 22.7 Å². The summed E-state index contributed by atoms with van der Waals surface area (Å²) >= 11 is 11.9. The Hall–Kier alpha value is -1.10. The highest BCUT2D eigenvalue weighted by molar-refractivity contribution is 6.42. The number of hydrogen-bond acceptors (Lipinski definition) is 4. The van der Waals surface area contributed by atoms with Gasteiger partial charge in [-0.15, -0.1) is 0 Å². The van der Waals surface area contributed by atoms with Crippen molar-refractivity contribution in [3.63, 3.8) is 0 Å². The van der Waals surface area contributed by atoms with Gasteiger partial charge in [-0.05, 0) is 31.2 Å². The van der Waals surface area contributed by atoms with E-state index >= 15 is 0 Å². The van der Waals surface area contributed by atoms with Crippen LogP contribution >= 0.6 is 23.2 Å². The van der Waals surface area contributed by atoms with Gasteiger partial charge < -0.3 is 9.84 Å². The Morgan fingerprint density at radius 3 is 2.67 bits per heavy atom.